The van der Waals surface area contributed by atoms with Crippen molar-refractivity contribution in [3.63, 3.8) is 0 Å². The molecule has 1 unspecified atom stereocenters. The van der Waals surface area contributed by atoms with Gasteiger partial charge < -0.3 is 24.6 Å². The Bertz CT molecular complexity index is 740. The minimum absolute atomic E-state index is 0.107. The van der Waals surface area contributed by atoms with E-state index in [2.05, 4.69) is 23.5 Å². The van der Waals surface area contributed by atoms with Crippen LogP contribution in [0.15, 0.2) is 36.4 Å². The van der Waals surface area contributed by atoms with Gasteiger partial charge in [-0.1, -0.05) is 31.2 Å². The lowest BCUT2D eigenvalue weighted by atomic mass is 9.94. The second kappa shape index (κ2) is 7.72. The van der Waals surface area contributed by atoms with E-state index >= 15 is 0 Å². The average molecular weight is 345 g/mol. The van der Waals surface area contributed by atoms with Gasteiger partial charge in [0.25, 0.3) is 0 Å². The van der Waals surface area contributed by atoms with Gasteiger partial charge in [-0.15, -0.1) is 0 Å². The second-order valence-electron chi connectivity index (χ2n) is 6.13. The summed E-state index contributed by atoms with van der Waals surface area (Å²) in [5, 5.41) is 13.6. The Morgan fingerprint density at radius 2 is 2.08 bits per heavy atom. The predicted molar refractivity (Wildman–Crippen MR) is 94.2 cm³/mol. The van der Waals surface area contributed by atoms with Gasteiger partial charge in [0.05, 0.1) is 26.4 Å². The van der Waals surface area contributed by atoms with Crippen LogP contribution < -0.4 is 10.1 Å². The number of benzene rings is 2. The van der Waals surface area contributed by atoms with E-state index in [1.54, 1.807) is 7.11 Å². The highest BCUT2D eigenvalue weighted by Crippen LogP contribution is 2.31. The quantitative estimate of drug-likeness (QED) is 0.869. The molecule has 0 bridgehead atoms. The molecule has 1 fully saturated rings. The Balaban J connectivity index is 1.75. The fourth-order valence-corrected chi connectivity index (χ4v) is 3.22. The van der Waals surface area contributed by atoms with Gasteiger partial charge in [-0.3, -0.25) is 0 Å². The van der Waals surface area contributed by atoms with Crippen LogP contribution in [0.3, 0.4) is 0 Å². The second-order valence-corrected chi connectivity index (χ2v) is 6.13. The molecule has 0 spiro atoms. The van der Waals surface area contributed by atoms with Gasteiger partial charge in [-0.25, -0.2) is 4.79 Å². The summed E-state index contributed by atoms with van der Waals surface area (Å²) in [6.07, 6.45) is -1.01. The largest absolute Gasteiger partial charge is 0.497 e. The van der Waals surface area contributed by atoms with Crippen molar-refractivity contribution in [1.82, 2.24) is 5.32 Å². The first-order valence-corrected chi connectivity index (χ1v) is 8.41. The Kier molecular flexibility index (Phi) is 5.40. The molecule has 1 saturated heterocycles. The van der Waals surface area contributed by atoms with E-state index in [1.807, 2.05) is 25.1 Å². The molecule has 3 rings (SSSR count). The van der Waals surface area contributed by atoms with E-state index < -0.39 is 12.4 Å². The van der Waals surface area contributed by atoms with Crippen LogP contribution in [-0.2, 0) is 9.47 Å². The fourth-order valence-electron chi connectivity index (χ4n) is 3.22. The van der Waals surface area contributed by atoms with Gasteiger partial charge in [0.2, 0.25) is 0 Å². The van der Waals surface area contributed by atoms with Crippen molar-refractivity contribution in [2.24, 2.45) is 0 Å². The summed E-state index contributed by atoms with van der Waals surface area (Å²) in [6, 6.07) is 11.8. The number of hydrogen-bond donors (Lipinski definition) is 2. The van der Waals surface area contributed by atoms with Crippen LogP contribution in [0.25, 0.3) is 10.8 Å². The molecule has 1 amide bonds. The molecular formula is C19H23NO5. The molecule has 1 atom stereocenters. The first kappa shape index (κ1) is 17.5. The number of hydrogen-bond acceptors (Lipinski definition) is 4. The molecule has 1 aliphatic rings. The molecule has 1 heterocycles. The summed E-state index contributed by atoms with van der Waals surface area (Å²) >= 11 is 0. The summed E-state index contributed by atoms with van der Waals surface area (Å²) in [7, 11) is 1.66. The Hall–Kier alpha value is -2.31. The summed E-state index contributed by atoms with van der Waals surface area (Å²) in [4.78, 5) is 10.9. The number of rotatable bonds is 5. The van der Waals surface area contributed by atoms with Crippen LogP contribution in [-0.4, -0.2) is 43.9 Å². The van der Waals surface area contributed by atoms with Crippen molar-refractivity contribution in [2.75, 3.05) is 20.3 Å². The Morgan fingerprint density at radius 3 is 2.72 bits per heavy atom. The standard InChI is InChI=1S/C19H23NO5/c1-3-17(20-19(21)22)18-24-10-13(11-25-18)15-6-4-5-12-9-14(23-2)7-8-16(12)15/h4-9,13,17-18,20H,3,10-11H2,1-2H3,(H,21,22). The highest BCUT2D eigenvalue weighted by atomic mass is 16.7. The number of fused-ring (bicyclic) bond motifs is 1. The Morgan fingerprint density at radius 1 is 1.32 bits per heavy atom. The van der Waals surface area contributed by atoms with Crippen LogP contribution in [0.1, 0.15) is 24.8 Å². The van der Waals surface area contributed by atoms with Crippen molar-refractivity contribution >= 4 is 16.9 Å². The molecule has 0 aliphatic carbocycles. The van der Waals surface area contributed by atoms with E-state index in [-0.39, 0.29) is 12.0 Å². The van der Waals surface area contributed by atoms with Crippen molar-refractivity contribution in [3.8, 4) is 5.75 Å². The van der Waals surface area contributed by atoms with Crippen molar-refractivity contribution < 1.29 is 24.1 Å². The third kappa shape index (κ3) is 3.86. The molecule has 25 heavy (non-hydrogen) atoms. The predicted octanol–water partition coefficient (Wildman–Crippen LogP) is 3.35. The van der Waals surface area contributed by atoms with E-state index in [1.165, 1.54) is 0 Å². The van der Waals surface area contributed by atoms with Crippen molar-refractivity contribution in [1.29, 1.82) is 0 Å². The van der Waals surface area contributed by atoms with Gasteiger partial charge in [-0.2, -0.15) is 0 Å². The van der Waals surface area contributed by atoms with Gasteiger partial charge in [0.15, 0.2) is 6.29 Å². The topological polar surface area (TPSA) is 77.0 Å². The lowest BCUT2D eigenvalue weighted by Crippen LogP contribution is -2.48. The molecule has 1 aliphatic heterocycles. The SMILES string of the molecule is CCC(NC(=O)O)C1OCC(c2cccc3cc(OC)ccc23)CO1. The van der Waals surface area contributed by atoms with Crippen molar-refractivity contribution in [3.05, 3.63) is 42.0 Å². The van der Waals surface area contributed by atoms with Gasteiger partial charge in [0.1, 0.15) is 5.75 Å². The number of amides is 1. The van der Waals surface area contributed by atoms with E-state index in [4.69, 9.17) is 19.3 Å². The maximum atomic E-state index is 10.9. The lowest BCUT2D eigenvalue weighted by molar-refractivity contribution is -0.200. The first-order chi connectivity index (χ1) is 12.1. The third-order valence-electron chi connectivity index (χ3n) is 4.56. The molecule has 2 N–H and O–H groups in total. The summed E-state index contributed by atoms with van der Waals surface area (Å²) < 4.78 is 16.9. The van der Waals surface area contributed by atoms with Gasteiger partial charge >= 0.3 is 6.09 Å². The third-order valence-corrected chi connectivity index (χ3v) is 4.56. The molecule has 6 nitrogen and oxygen atoms in total. The van der Waals surface area contributed by atoms with Crippen LogP contribution in [0.2, 0.25) is 0 Å². The zero-order chi connectivity index (χ0) is 17.8. The highest BCUT2D eigenvalue weighted by molar-refractivity contribution is 5.87. The minimum Gasteiger partial charge on any atom is -0.497 e. The average Bonchev–Trinajstić information content (AvgIpc) is 2.65. The maximum absolute atomic E-state index is 10.9. The first-order valence-electron chi connectivity index (χ1n) is 8.41. The van der Waals surface area contributed by atoms with Crippen LogP contribution in [0, 0.1) is 0 Å². The Labute approximate surface area is 146 Å². The molecule has 2 aromatic carbocycles. The molecule has 134 valence electrons. The van der Waals surface area contributed by atoms with E-state index in [0.29, 0.717) is 19.6 Å². The van der Waals surface area contributed by atoms with E-state index in [9.17, 15) is 4.79 Å². The zero-order valence-corrected chi connectivity index (χ0v) is 14.4. The van der Waals surface area contributed by atoms with Gasteiger partial charge in [-0.05, 0) is 34.9 Å². The number of ether oxygens (including phenoxy) is 3. The molecular weight excluding hydrogens is 322 g/mol. The molecule has 0 saturated carbocycles. The summed E-state index contributed by atoms with van der Waals surface area (Å²) in [5.41, 5.74) is 1.16. The lowest BCUT2D eigenvalue weighted by Gasteiger charge is -2.34. The highest BCUT2D eigenvalue weighted by Gasteiger charge is 2.30. The van der Waals surface area contributed by atoms with Crippen molar-refractivity contribution in [2.45, 2.75) is 31.6 Å². The zero-order valence-electron chi connectivity index (χ0n) is 14.4. The molecule has 0 aromatic heterocycles. The number of nitrogens with one attached hydrogen (secondary N) is 1. The number of carboxylic acid groups (broad SMARTS) is 1. The monoisotopic (exact) mass is 345 g/mol. The normalized spacial score (nSPS) is 21.7. The fraction of sp³-hybridized carbons (Fsp3) is 0.421. The van der Waals surface area contributed by atoms with Crippen LogP contribution >= 0.6 is 0 Å². The smallest absolute Gasteiger partial charge is 0.405 e. The summed E-state index contributed by atoms with van der Waals surface area (Å²) in [5.74, 6) is 0.932. The minimum atomic E-state index is -1.07. The molecule has 6 heteroatoms. The molecule has 0 radical (unpaired) electrons. The number of carbonyl (C=O) groups is 1. The van der Waals surface area contributed by atoms with Crippen LogP contribution in [0.4, 0.5) is 4.79 Å². The molecule has 2 aromatic rings. The number of methoxy groups -OCH3 is 1. The maximum Gasteiger partial charge on any atom is 0.405 e. The van der Waals surface area contributed by atoms with Crippen LogP contribution in [0.5, 0.6) is 5.75 Å². The summed E-state index contributed by atoms with van der Waals surface area (Å²) in [6.45, 7) is 2.89. The van der Waals surface area contributed by atoms with E-state index in [0.717, 1.165) is 22.1 Å². The van der Waals surface area contributed by atoms with Gasteiger partial charge in [0, 0.05) is 5.92 Å².